The van der Waals surface area contributed by atoms with Crippen molar-refractivity contribution in [3.05, 3.63) is 0 Å². The molecule has 1 heterocycles. The second kappa shape index (κ2) is 11.2. The largest absolute Gasteiger partial charge is 0.379 e. The minimum atomic E-state index is 0. The molecule has 6 heteroatoms. The zero-order chi connectivity index (χ0) is 15.7. The van der Waals surface area contributed by atoms with Crippen molar-refractivity contribution >= 4 is 18.3 Å². The molecule has 1 aliphatic carbocycles. The Morgan fingerprint density at radius 1 is 1.26 bits per heavy atom. The number of amides is 1. The monoisotopic (exact) mass is 348 g/mol. The molecule has 0 radical (unpaired) electrons. The van der Waals surface area contributed by atoms with Crippen LogP contribution in [0.3, 0.4) is 0 Å². The number of ether oxygens (including phenoxy) is 2. The third-order valence-corrected chi connectivity index (χ3v) is 5.00. The summed E-state index contributed by atoms with van der Waals surface area (Å²) in [6.07, 6.45) is 9.88. The van der Waals surface area contributed by atoms with Crippen LogP contribution in [0.4, 0.5) is 0 Å². The van der Waals surface area contributed by atoms with E-state index in [9.17, 15) is 4.79 Å². The fraction of sp³-hybridized carbons (Fsp3) is 0.941. The van der Waals surface area contributed by atoms with Gasteiger partial charge in [-0.1, -0.05) is 19.3 Å². The van der Waals surface area contributed by atoms with Crippen LogP contribution in [0.2, 0.25) is 0 Å². The van der Waals surface area contributed by atoms with Gasteiger partial charge in [0.05, 0.1) is 12.7 Å². The van der Waals surface area contributed by atoms with Crippen molar-refractivity contribution in [2.24, 2.45) is 11.1 Å². The molecule has 1 atom stereocenters. The minimum absolute atomic E-state index is 0. The first-order valence-corrected chi connectivity index (χ1v) is 8.90. The summed E-state index contributed by atoms with van der Waals surface area (Å²) in [4.78, 5) is 12.1. The van der Waals surface area contributed by atoms with Gasteiger partial charge in [0.2, 0.25) is 5.91 Å². The number of nitrogens with one attached hydrogen (secondary N) is 1. The third kappa shape index (κ3) is 7.38. The Morgan fingerprint density at radius 2 is 2.04 bits per heavy atom. The number of hydrogen-bond acceptors (Lipinski definition) is 4. The second-order valence-electron chi connectivity index (χ2n) is 6.86. The summed E-state index contributed by atoms with van der Waals surface area (Å²) in [5, 5.41) is 3.01. The lowest BCUT2D eigenvalue weighted by atomic mass is 9.71. The van der Waals surface area contributed by atoms with Gasteiger partial charge in [0.1, 0.15) is 0 Å². The van der Waals surface area contributed by atoms with Crippen LogP contribution in [0.1, 0.15) is 57.8 Å². The first-order valence-electron chi connectivity index (χ1n) is 8.90. The van der Waals surface area contributed by atoms with Crippen LogP contribution in [-0.2, 0) is 14.3 Å². The lowest BCUT2D eigenvalue weighted by Gasteiger charge is -2.35. The first-order chi connectivity index (χ1) is 10.7. The average Bonchev–Trinajstić information content (AvgIpc) is 3.05. The third-order valence-electron chi connectivity index (χ3n) is 5.00. The second-order valence-corrected chi connectivity index (χ2v) is 6.86. The number of halogens is 1. The molecule has 0 bridgehead atoms. The van der Waals surface area contributed by atoms with Gasteiger partial charge in [0.15, 0.2) is 0 Å². The van der Waals surface area contributed by atoms with Gasteiger partial charge < -0.3 is 20.5 Å². The number of nitrogens with two attached hydrogens (primary N) is 1. The highest BCUT2D eigenvalue weighted by Gasteiger charge is 2.32. The standard InChI is InChI=1S/C17H32N2O3.ClH/c18-14-17(7-2-1-3-8-17)12-16(20)19-9-5-10-21-13-15-6-4-11-22-15;/h15H,1-14,18H2,(H,19,20);1H. The minimum Gasteiger partial charge on any atom is -0.379 e. The summed E-state index contributed by atoms with van der Waals surface area (Å²) in [6.45, 7) is 3.55. The topological polar surface area (TPSA) is 73.6 Å². The van der Waals surface area contributed by atoms with Crippen LogP contribution in [0.25, 0.3) is 0 Å². The van der Waals surface area contributed by atoms with Crippen LogP contribution >= 0.6 is 12.4 Å². The van der Waals surface area contributed by atoms with E-state index in [-0.39, 0.29) is 29.8 Å². The fourth-order valence-electron chi connectivity index (χ4n) is 3.55. The summed E-state index contributed by atoms with van der Waals surface area (Å²) in [6, 6.07) is 0. The predicted octanol–water partition coefficient (Wildman–Crippen LogP) is 2.41. The van der Waals surface area contributed by atoms with E-state index in [1.54, 1.807) is 0 Å². The number of carbonyl (C=O) groups excluding carboxylic acids is 1. The highest BCUT2D eigenvalue weighted by molar-refractivity contribution is 5.85. The Bertz CT molecular complexity index is 330. The van der Waals surface area contributed by atoms with E-state index in [1.807, 2.05) is 0 Å². The van der Waals surface area contributed by atoms with Crippen LogP contribution in [-0.4, -0.2) is 44.9 Å². The molecule has 0 aromatic rings. The summed E-state index contributed by atoms with van der Waals surface area (Å²) >= 11 is 0. The SMILES string of the molecule is Cl.NCC1(CC(=O)NCCCOCC2CCCO2)CCCCC1. The Kier molecular flexibility index (Phi) is 10.1. The van der Waals surface area contributed by atoms with Crippen LogP contribution < -0.4 is 11.1 Å². The van der Waals surface area contributed by atoms with E-state index >= 15 is 0 Å². The number of rotatable bonds is 9. The molecule has 0 aromatic carbocycles. The Balaban J connectivity index is 0.00000264. The molecule has 1 saturated heterocycles. The van der Waals surface area contributed by atoms with Gasteiger partial charge >= 0.3 is 0 Å². The highest BCUT2D eigenvalue weighted by atomic mass is 35.5. The molecule has 23 heavy (non-hydrogen) atoms. The molecule has 3 N–H and O–H groups in total. The maximum absolute atomic E-state index is 12.1. The van der Waals surface area contributed by atoms with E-state index in [0.29, 0.717) is 32.7 Å². The fourth-order valence-corrected chi connectivity index (χ4v) is 3.55. The molecule has 2 fully saturated rings. The molecule has 0 aromatic heterocycles. The Morgan fingerprint density at radius 3 is 2.70 bits per heavy atom. The van der Waals surface area contributed by atoms with Crippen molar-refractivity contribution in [2.45, 2.75) is 63.9 Å². The smallest absolute Gasteiger partial charge is 0.220 e. The first kappa shape index (κ1) is 20.7. The van der Waals surface area contributed by atoms with E-state index in [2.05, 4.69) is 5.32 Å². The molecule has 1 saturated carbocycles. The zero-order valence-corrected chi connectivity index (χ0v) is 15.0. The molecule has 0 spiro atoms. The molecule has 5 nitrogen and oxygen atoms in total. The van der Waals surface area contributed by atoms with Gasteiger partial charge in [0, 0.05) is 26.2 Å². The molecule has 1 amide bonds. The quantitative estimate of drug-likeness (QED) is 0.627. The van der Waals surface area contributed by atoms with E-state index < -0.39 is 0 Å². The summed E-state index contributed by atoms with van der Waals surface area (Å²) < 4.78 is 11.1. The maximum atomic E-state index is 12.1. The van der Waals surface area contributed by atoms with Crippen LogP contribution in [0.5, 0.6) is 0 Å². The van der Waals surface area contributed by atoms with Crippen molar-refractivity contribution in [1.82, 2.24) is 5.32 Å². The highest BCUT2D eigenvalue weighted by Crippen LogP contribution is 2.38. The molecule has 1 unspecified atom stereocenters. The van der Waals surface area contributed by atoms with Gasteiger partial charge in [-0.15, -0.1) is 12.4 Å². The summed E-state index contributed by atoms with van der Waals surface area (Å²) in [5.74, 6) is 0.145. The number of carbonyl (C=O) groups is 1. The van der Waals surface area contributed by atoms with E-state index in [4.69, 9.17) is 15.2 Å². The summed E-state index contributed by atoms with van der Waals surface area (Å²) in [5.41, 5.74) is 5.98. The molecule has 136 valence electrons. The van der Waals surface area contributed by atoms with Crippen molar-refractivity contribution < 1.29 is 14.3 Å². The Labute approximate surface area is 146 Å². The predicted molar refractivity (Wildman–Crippen MR) is 93.9 cm³/mol. The van der Waals surface area contributed by atoms with E-state index in [1.165, 1.54) is 19.3 Å². The van der Waals surface area contributed by atoms with Gasteiger partial charge in [-0.3, -0.25) is 4.79 Å². The van der Waals surface area contributed by atoms with Crippen molar-refractivity contribution in [3.63, 3.8) is 0 Å². The zero-order valence-electron chi connectivity index (χ0n) is 14.2. The normalized spacial score (nSPS) is 23.3. The average molecular weight is 349 g/mol. The molecule has 2 rings (SSSR count). The van der Waals surface area contributed by atoms with Gasteiger partial charge in [-0.25, -0.2) is 0 Å². The van der Waals surface area contributed by atoms with Crippen molar-refractivity contribution in [1.29, 1.82) is 0 Å². The molecule has 1 aliphatic heterocycles. The number of hydrogen-bond donors (Lipinski definition) is 2. The lowest BCUT2D eigenvalue weighted by molar-refractivity contribution is -0.123. The van der Waals surface area contributed by atoms with Gasteiger partial charge in [-0.05, 0) is 44.1 Å². The molecule has 2 aliphatic rings. The van der Waals surface area contributed by atoms with Crippen LogP contribution in [0.15, 0.2) is 0 Å². The van der Waals surface area contributed by atoms with Gasteiger partial charge in [0.25, 0.3) is 0 Å². The van der Waals surface area contributed by atoms with Crippen molar-refractivity contribution in [3.8, 4) is 0 Å². The molecular weight excluding hydrogens is 316 g/mol. The summed E-state index contributed by atoms with van der Waals surface area (Å²) in [7, 11) is 0. The van der Waals surface area contributed by atoms with Crippen molar-refractivity contribution in [2.75, 3.05) is 32.9 Å². The lowest BCUT2D eigenvalue weighted by Crippen LogP contribution is -2.39. The Hall–Kier alpha value is -0.360. The van der Waals surface area contributed by atoms with Crippen LogP contribution in [0, 0.1) is 5.41 Å². The maximum Gasteiger partial charge on any atom is 0.220 e. The van der Waals surface area contributed by atoms with Gasteiger partial charge in [-0.2, -0.15) is 0 Å². The van der Waals surface area contributed by atoms with E-state index in [0.717, 1.165) is 38.7 Å². The molecular formula is C17H33ClN2O3.